The highest BCUT2D eigenvalue weighted by atomic mass is 35.5. The van der Waals surface area contributed by atoms with Crippen LogP contribution in [0.5, 0.6) is 0 Å². The van der Waals surface area contributed by atoms with Gasteiger partial charge in [0.05, 0.1) is 24.9 Å². The van der Waals surface area contributed by atoms with Crippen molar-refractivity contribution in [2.24, 2.45) is 0 Å². The molecule has 2 aromatic rings. The second-order valence-electron chi connectivity index (χ2n) is 6.19. The summed E-state index contributed by atoms with van der Waals surface area (Å²) in [5, 5.41) is 0. The van der Waals surface area contributed by atoms with Crippen LogP contribution in [-0.2, 0) is 4.74 Å². The first kappa shape index (κ1) is 20.1. The molecule has 4 heterocycles. The summed E-state index contributed by atoms with van der Waals surface area (Å²) in [4.78, 5) is 20.4. The maximum atomic E-state index is 5.99. The first-order valence-corrected chi connectivity index (χ1v) is 8.16. The van der Waals surface area contributed by atoms with Gasteiger partial charge in [0.15, 0.2) is 0 Å². The van der Waals surface area contributed by atoms with Crippen molar-refractivity contribution in [2.45, 2.75) is 6.23 Å². The maximum Gasteiger partial charge on any atom is 0.226 e. The van der Waals surface area contributed by atoms with Gasteiger partial charge in [-0.1, -0.05) is 0 Å². The second-order valence-corrected chi connectivity index (χ2v) is 6.19. The molecule has 0 saturated carbocycles. The van der Waals surface area contributed by atoms with Gasteiger partial charge in [-0.3, -0.25) is 9.88 Å². The smallest absolute Gasteiger partial charge is 0.226 e. The molecule has 0 bridgehead atoms. The lowest BCUT2D eigenvalue weighted by Gasteiger charge is -2.42. The molecule has 0 aliphatic carbocycles. The van der Waals surface area contributed by atoms with E-state index in [1.165, 1.54) is 0 Å². The number of morpholine rings is 1. The number of hydrogen-bond acceptors (Lipinski definition) is 7. The summed E-state index contributed by atoms with van der Waals surface area (Å²) in [6.45, 7) is 6.65. The fraction of sp³-hybridized carbons (Fsp3) is 0.562. The fourth-order valence-electron chi connectivity index (χ4n) is 3.15. The minimum Gasteiger partial charge on any atom is -0.359 e. The minimum atomic E-state index is 0. The molecule has 1 unspecified atom stereocenters. The average Bonchev–Trinajstić information content (AvgIpc) is 2.62. The zero-order valence-corrected chi connectivity index (χ0v) is 15.9. The third-order valence-electron chi connectivity index (χ3n) is 4.61. The summed E-state index contributed by atoms with van der Waals surface area (Å²) in [6, 6.07) is 3.89. The van der Waals surface area contributed by atoms with Gasteiger partial charge in [-0.15, -0.1) is 24.8 Å². The lowest BCUT2D eigenvalue weighted by Crippen LogP contribution is -2.56. The Hall–Kier alpha value is -1.25. The highest BCUT2D eigenvalue weighted by Crippen LogP contribution is 2.18. The molecule has 7 nitrogen and oxygen atoms in total. The Bertz CT molecular complexity index is 682. The van der Waals surface area contributed by atoms with Crippen molar-refractivity contribution < 1.29 is 4.74 Å². The van der Waals surface area contributed by atoms with Gasteiger partial charge in [0, 0.05) is 38.9 Å². The Morgan fingerprint density at radius 3 is 2.64 bits per heavy atom. The van der Waals surface area contributed by atoms with E-state index in [9.17, 15) is 0 Å². The van der Waals surface area contributed by atoms with Crippen LogP contribution in [0, 0.1) is 0 Å². The maximum absolute atomic E-state index is 5.99. The third kappa shape index (κ3) is 4.48. The summed E-state index contributed by atoms with van der Waals surface area (Å²) in [5.41, 5.74) is 1.72. The molecule has 2 fully saturated rings. The molecule has 1 atom stereocenters. The van der Waals surface area contributed by atoms with E-state index in [-0.39, 0.29) is 31.0 Å². The number of aromatic nitrogens is 3. The number of rotatable bonds is 2. The van der Waals surface area contributed by atoms with Gasteiger partial charge in [-0.05, 0) is 19.2 Å². The predicted molar refractivity (Wildman–Crippen MR) is 103 cm³/mol. The average molecular weight is 387 g/mol. The van der Waals surface area contributed by atoms with E-state index in [0.717, 1.165) is 56.3 Å². The van der Waals surface area contributed by atoms with Crippen LogP contribution in [0.15, 0.2) is 24.5 Å². The van der Waals surface area contributed by atoms with Gasteiger partial charge in [0.1, 0.15) is 11.7 Å². The van der Waals surface area contributed by atoms with Gasteiger partial charge >= 0.3 is 0 Å². The third-order valence-corrected chi connectivity index (χ3v) is 4.61. The number of pyridine rings is 1. The van der Waals surface area contributed by atoms with Crippen molar-refractivity contribution in [3.05, 3.63) is 24.5 Å². The van der Waals surface area contributed by atoms with E-state index in [1.54, 1.807) is 12.4 Å². The molecule has 4 rings (SSSR count). The molecule has 25 heavy (non-hydrogen) atoms. The lowest BCUT2D eigenvalue weighted by molar-refractivity contribution is -0.0803. The van der Waals surface area contributed by atoms with Crippen LogP contribution in [0.3, 0.4) is 0 Å². The van der Waals surface area contributed by atoms with Crippen LogP contribution in [0.4, 0.5) is 5.95 Å². The Balaban J connectivity index is 0.00000113. The molecule has 2 aliphatic heterocycles. The molecule has 0 aromatic carbocycles. The van der Waals surface area contributed by atoms with Gasteiger partial charge in [0.25, 0.3) is 0 Å². The molecule has 0 spiro atoms. The summed E-state index contributed by atoms with van der Waals surface area (Å²) in [7, 11) is 2.17. The zero-order chi connectivity index (χ0) is 15.6. The van der Waals surface area contributed by atoms with Gasteiger partial charge in [0.2, 0.25) is 5.95 Å². The zero-order valence-electron chi connectivity index (χ0n) is 14.2. The number of likely N-dealkylation sites (N-methyl/N-ethyl adjacent to an activating group) is 1. The number of nitrogens with zero attached hydrogens (tertiary/aromatic N) is 6. The molecule has 2 aliphatic rings. The van der Waals surface area contributed by atoms with E-state index in [4.69, 9.17) is 4.74 Å². The van der Waals surface area contributed by atoms with E-state index in [1.807, 2.05) is 12.1 Å². The summed E-state index contributed by atoms with van der Waals surface area (Å²) >= 11 is 0. The van der Waals surface area contributed by atoms with Crippen LogP contribution in [0.1, 0.15) is 0 Å². The Kier molecular flexibility index (Phi) is 7.15. The number of piperazine rings is 1. The van der Waals surface area contributed by atoms with Crippen LogP contribution in [0.2, 0.25) is 0 Å². The number of fused-ring (bicyclic) bond motifs is 1. The van der Waals surface area contributed by atoms with E-state index < -0.39 is 0 Å². The molecule has 138 valence electrons. The van der Waals surface area contributed by atoms with E-state index in [0.29, 0.717) is 6.61 Å². The normalized spacial score (nSPS) is 22.3. The van der Waals surface area contributed by atoms with Gasteiger partial charge in [-0.2, -0.15) is 0 Å². The van der Waals surface area contributed by atoms with Crippen molar-refractivity contribution in [1.82, 2.24) is 24.8 Å². The molecule has 0 amide bonds. The van der Waals surface area contributed by atoms with Gasteiger partial charge < -0.3 is 14.5 Å². The van der Waals surface area contributed by atoms with Crippen molar-refractivity contribution >= 4 is 41.8 Å². The predicted octanol–water partition coefficient (Wildman–Crippen LogP) is 1.28. The molecular formula is C16H24Cl2N6O. The molecule has 0 radical (unpaired) electrons. The van der Waals surface area contributed by atoms with Crippen LogP contribution in [-0.4, -0.2) is 83.9 Å². The standard InChI is InChI=1S/C16H22N6O.2ClH/c1-20-5-7-21(8-6-20)15-12-22(9-10-23-15)16-18-11-14-13(19-16)3-2-4-17-14;;/h2-4,11,15H,5-10,12H2,1H3;2*1H. The van der Waals surface area contributed by atoms with Crippen LogP contribution < -0.4 is 4.90 Å². The van der Waals surface area contributed by atoms with Crippen molar-refractivity contribution in [1.29, 1.82) is 0 Å². The first-order valence-electron chi connectivity index (χ1n) is 8.16. The number of halogens is 2. The second kappa shape index (κ2) is 8.91. The monoisotopic (exact) mass is 386 g/mol. The highest BCUT2D eigenvalue weighted by Gasteiger charge is 2.29. The van der Waals surface area contributed by atoms with Crippen molar-refractivity contribution in [2.75, 3.05) is 57.8 Å². The number of anilines is 1. The fourth-order valence-corrected chi connectivity index (χ4v) is 3.15. The van der Waals surface area contributed by atoms with Crippen LogP contribution in [0.25, 0.3) is 11.0 Å². The lowest BCUT2D eigenvalue weighted by atomic mass is 10.3. The molecule has 9 heteroatoms. The molecule has 0 N–H and O–H groups in total. The first-order chi connectivity index (χ1) is 11.3. The van der Waals surface area contributed by atoms with E-state index >= 15 is 0 Å². The summed E-state index contributed by atoms with van der Waals surface area (Å²) in [5.74, 6) is 0.771. The molecule has 2 aromatic heterocycles. The summed E-state index contributed by atoms with van der Waals surface area (Å²) in [6.07, 6.45) is 3.70. The molecule has 2 saturated heterocycles. The van der Waals surface area contributed by atoms with Gasteiger partial charge in [-0.25, -0.2) is 9.97 Å². The van der Waals surface area contributed by atoms with Crippen LogP contribution >= 0.6 is 24.8 Å². The van der Waals surface area contributed by atoms with E-state index in [2.05, 4.69) is 36.7 Å². The SMILES string of the molecule is CN1CCN(C2CN(c3ncc4ncccc4n3)CCO2)CC1.Cl.Cl. The molecular weight excluding hydrogens is 363 g/mol. The minimum absolute atomic E-state index is 0. The van der Waals surface area contributed by atoms with Crippen molar-refractivity contribution in [3.8, 4) is 0 Å². The highest BCUT2D eigenvalue weighted by molar-refractivity contribution is 5.85. The Morgan fingerprint density at radius 1 is 1.04 bits per heavy atom. The quantitative estimate of drug-likeness (QED) is 0.770. The number of hydrogen-bond donors (Lipinski definition) is 0. The largest absolute Gasteiger partial charge is 0.359 e. The topological polar surface area (TPSA) is 57.6 Å². The Morgan fingerprint density at radius 2 is 1.84 bits per heavy atom. The van der Waals surface area contributed by atoms with Crippen molar-refractivity contribution in [3.63, 3.8) is 0 Å². The number of ether oxygens (including phenoxy) is 1. The summed E-state index contributed by atoms with van der Waals surface area (Å²) < 4.78 is 5.99. The Labute approximate surface area is 160 Å².